The summed E-state index contributed by atoms with van der Waals surface area (Å²) in [5.74, 6) is 0.512. The number of carbonyl (C=O) groups is 1. The van der Waals surface area contributed by atoms with E-state index in [9.17, 15) is 4.79 Å². The first-order chi connectivity index (χ1) is 9.19. The minimum absolute atomic E-state index is 0.0841. The minimum Gasteiger partial charge on any atom is -0.350 e. The second-order valence-electron chi connectivity index (χ2n) is 4.93. The zero-order valence-electron chi connectivity index (χ0n) is 11.2. The molecular weight excluding hydrogens is 306 g/mol. The Morgan fingerprint density at radius 1 is 1.47 bits per heavy atom. The van der Waals surface area contributed by atoms with E-state index in [2.05, 4.69) is 38.1 Å². The molecule has 1 aromatic heterocycles. The van der Waals surface area contributed by atoms with Crippen LogP contribution in [-0.4, -0.2) is 42.0 Å². The first kappa shape index (κ1) is 14.5. The predicted octanol–water partition coefficient (Wildman–Crippen LogP) is 2.31. The van der Waals surface area contributed by atoms with Crippen LogP contribution in [0.3, 0.4) is 0 Å². The Labute approximate surface area is 122 Å². The van der Waals surface area contributed by atoms with Crippen molar-refractivity contribution in [2.75, 3.05) is 26.2 Å². The van der Waals surface area contributed by atoms with Crippen LogP contribution in [0.15, 0.2) is 22.8 Å². The quantitative estimate of drug-likeness (QED) is 0.864. The summed E-state index contributed by atoms with van der Waals surface area (Å²) in [4.78, 5) is 18.6. The smallest absolute Gasteiger partial charge is 0.269 e. The second-order valence-corrected chi connectivity index (χ2v) is 5.75. The molecule has 2 rings (SSSR count). The molecule has 1 aliphatic rings. The lowest BCUT2D eigenvalue weighted by Crippen LogP contribution is -2.38. The molecule has 0 aliphatic carbocycles. The van der Waals surface area contributed by atoms with Crippen LogP contribution in [0.1, 0.15) is 30.3 Å². The van der Waals surface area contributed by atoms with Crippen LogP contribution in [-0.2, 0) is 0 Å². The molecule has 0 aromatic carbocycles. The Hall–Kier alpha value is -0.940. The number of halogens is 1. The Balaban J connectivity index is 1.78. The van der Waals surface area contributed by atoms with Crippen molar-refractivity contribution in [1.29, 1.82) is 0 Å². The molecule has 1 amide bonds. The fraction of sp³-hybridized carbons (Fsp3) is 0.571. The van der Waals surface area contributed by atoms with Crippen LogP contribution in [0.25, 0.3) is 0 Å². The van der Waals surface area contributed by atoms with Crippen molar-refractivity contribution in [2.45, 2.75) is 19.8 Å². The lowest BCUT2D eigenvalue weighted by molar-refractivity contribution is 0.0931. The number of piperidine rings is 1. The summed E-state index contributed by atoms with van der Waals surface area (Å²) in [6, 6.07) is 5.38. The summed E-state index contributed by atoms with van der Waals surface area (Å²) in [7, 11) is 0. The van der Waals surface area contributed by atoms with Crippen LogP contribution in [0.5, 0.6) is 0 Å². The first-order valence-electron chi connectivity index (χ1n) is 6.82. The predicted molar refractivity (Wildman–Crippen MR) is 79.1 cm³/mol. The van der Waals surface area contributed by atoms with Crippen LogP contribution in [0.2, 0.25) is 0 Å². The molecule has 1 aliphatic heterocycles. The molecule has 0 unspecified atom stereocenters. The summed E-state index contributed by atoms with van der Waals surface area (Å²) < 4.78 is 0.691. The van der Waals surface area contributed by atoms with Crippen molar-refractivity contribution in [2.24, 2.45) is 5.92 Å². The molecule has 104 valence electrons. The normalized spacial score (nSPS) is 17.4. The number of nitrogens with one attached hydrogen (secondary N) is 1. The molecule has 5 heteroatoms. The van der Waals surface area contributed by atoms with Crippen molar-refractivity contribution >= 4 is 21.8 Å². The van der Waals surface area contributed by atoms with E-state index >= 15 is 0 Å². The van der Waals surface area contributed by atoms with Gasteiger partial charge in [0.15, 0.2) is 0 Å². The monoisotopic (exact) mass is 325 g/mol. The lowest BCUT2D eigenvalue weighted by Gasteiger charge is -2.30. The highest BCUT2D eigenvalue weighted by Crippen LogP contribution is 2.16. The summed E-state index contributed by atoms with van der Waals surface area (Å²) in [5, 5.41) is 2.99. The van der Waals surface area contributed by atoms with Gasteiger partial charge in [-0.05, 0) is 66.5 Å². The van der Waals surface area contributed by atoms with E-state index in [-0.39, 0.29) is 5.91 Å². The standard InChI is InChI=1S/C14H20BrN3O/c1-2-18-8-6-11(7-9-18)10-16-14(19)12-4-3-5-13(15)17-12/h3-5,11H,2,6-10H2,1H3,(H,16,19). The topological polar surface area (TPSA) is 45.2 Å². The van der Waals surface area contributed by atoms with Gasteiger partial charge in [0.2, 0.25) is 0 Å². The van der Waals surface area contributed by atoms with Crippen LogP contribution in [0, 0.1) is 5.92 Å². The van der Waals surface area contributed by atoms with Crippen molar-refractivity contribution < 1.29 is 4.79 Å². The lowest BCUT2D eigenvalue weighted by atomic mass is 9.97. The molecule has 1 aromatic rings. The van der Waals surface area contributed by atoms with Gasteiger partial charge in [0, 0.05) is 6.54 Å². The number of aromatic nitrogens is 1. The van der Waals surface area contributed by atoms with Crippen LogP contribution >= 0.6 is 15.9 Å². The molecule has 2 heterocycles. The molecule has 1 saturated heterocycles. The Morgan fingerprint density at radius 2 is 2.21 bits per heavy atom. The van der Waals surface area contributed by atoms with E-state index < -0.39 is 0 Å². The number of likely N-dealkylation sites (tertiary alicyclic amines) is 1. The number of hydrogen-bond acceptors (Lipinski definition) is 3. The van der Waals surface area contributed by atoms with Gasteiger partial charge >= 0.3 is 0 Å². The fourth-order valence-electron chi connectivity index (χ4n) is 2.37. The number of carbonyl (C=O) groups excluding carboxylic acids is 1. The minimum atomic E-state index is -0.0841. The molecular formula is C14H20BrN3O. The summed E-state index contributed by atoms with van der Waals surface area (Å²) in [6.07, 6.45) is 2.33. The van der Waals surface area contributed by atoms with E-state index in [1.165, 1.54) is 12.8 Å². The van der Waals surface area contributed by atoms with Crippen molar-refractivity contribution in [3.05, 3.63) is 28.5 Å². The van der Waals surface area contributed by atoms with Crippen molar-refractivity contribution in [3.63, 3.8) is 0 Å². The molecule has 1 N–H and O–H groups in total. The van der Waals surface area contributed by atoms with E-state index in [0.717, 1.165) is 26.2 Å². The molecule has 0 saturated carbocycles. The molecule has 19 heavy (non-hydrogen) atoms. The maximum Gasteiger partial charge on any atom is 0.269 e. The molecule has 0 spiro atoms. The Bertz CT molecular complexity index is 430. The number of rotatable bonds is 4. The highest BCUT2D eigenvalue weighted by atomic mass is 79.9. The van der Waals surface area contributed by atoms with Gasteiger partial charge in [-0.3, -0.25) is 4.79 Å². The van der Waals surface area contributed by atoms with Crippen LogP contribution < -0.4 is 5.32 Å². The maximum absolute atomic E-state index is 12.0. The number of pyridine rings is 1. The molecule has 4 nitrogen and oxygen atoms in total. The van der Waals surface area contributed by atoms with Crippen molar-refractivity contribution in [3.8, 4) is 0 Å². The molecule has 1 fully saturated rings. The van der Waals surface area contributed by atoms with Gasteiger partial charge < -0.3 is 10.2 Å². The van der Waals surface area contributed by atoms with Gasteiger partial charge in [0.1, 0.15) is 10.3 Å². The van der Waals surface area contributed by atoms with E-state index in [4.69, 9.17) is 0 Å². The van der Waals surface area contributed by atoms with Crippen LogP contribution in [0.4, 0.5) is 0 Å². The van der Waals surface area contributed by atoms with Gasteiger partial charge in [-0.2, -0.15) is 0 Å². The fourth-order valence-corrected chi connectivity index (χ4v) is 2.71. The van der Waals surface area contributed by atoms with E-state index in [1.807, 2.05) is 12.1 Å². The summed E-state index contributed by atoms with van der Waals surface area (Å²) >= 11 is 3.28. The van der Waals surface area contributed by atoms with Crippen molar-refractivity contribution in [1.82, 2.24) is 15.2 Å². The van der Waals surface area contributed by atoms with Gasteiger partial charge in [-0.1, -0.05) is 13.0 Å². The average molecular weight is 326 g/mol. The van der Waals surface area contributed by atoms with Gasteiger partial charge in [-0.15, -0.1) is 0 Å². The number of nitrogens with zero attached hydrogens (tertiary/aromatic N) is 2. The van der Waals surface area contributed by atoms with Gasteiger partial charge in [0.05, 0.1) is 0 Å². The number of hydrogen-bond donors (Lipinski definition) is 1. The SMILES string of the molecule is CCN1CCC(CNC(=O)c2cccc(Br)n2)CC1. The third-order valence-corrected chi connectivity index (χ3v) is 4.10. The second kappa shape index (κ2) is 7.01. The maximum atomic E-state index is 12.0. The zero-order valence-corrected chi connectivity index (χ0v) is 12.8. The summed E-state index contributed by atoms with van der Waals surface area (Å²) in [5.41, 5.74) is 0.473. The molecule has 0 bridgehead atoms. The highest BCUT2D eigenvalue weighted by Gasteiger charge is 2.19. The number of amides is 1. The Morgan fingerprint density at radius 3 is 2.84 bits per heavy atom. The molecule has 0 atom stereocenters. The van der Waals surface area contributed by atoms with Gasteiger partial charge in [0.25, 0.3) is 5.91 Å². The zero-order chi connectivity index (χ0) is 13.7. The first-order valence-corrected chi connectivity index (χ1v) is 7.61. The third kappa shape index (κ3) is 4.28. The largest absolute Gasteiger partial charge is 0.350 e. The molecule has 0 radical (unpaired) electrons. The summed E-state index contributed by atoms with van der Waals surface area (Å²) in [6.45, 7) is 6.37. The average Bonchev–Trinajstić information content (AvgIpc) is 2.45. The van der Waals surface area contributed by atoms with Gasteiger partial charge in [-0.25, -0.2) is 4.98 Å². The Kier molecular flexibility index (Phi) is 5.34. The third-order valence-electron chi connectivity index (χ3n) is 3.65. The van der Waals surface area contributed by atoms with E-state index in [0.29, 0.717) is 16.2 Å². The van der Waals surface area contributed by atoms with E-state index in [1.54, 1.807) is 6.07 Å². The highest BCUT2D eigenvalue weighted by molar-refractivity contribution is 9.10.